The van der Waals surface area contributed by atoms with Crippen LogP contribution in [0.3, 0.4) is 0 Å². The maximum atomic E-state index is 12.8. The lowest BCUT2D eigenvalue weighted by molar-refractivity contribution is 0.0943. The summed E-state index contributed by atoms with van der Waals surface area (Å²) in [5.41, 5.74) is 2.53. The molecule has 168 valence electrons. The van der Waals surface area contributed by atoms with Crippen LogP contribution in [0.25, 0.3) is 11.4 Å². The molecule has 1 aromatic heterocycles. The molecule has 0 unspecified atom stereocenters. The third kappa shape index (κ3) is 5.53. The van der Waals surface area contributed by atoms with Crippen LogP contribution in [-0.2, 0) is 12.3 Å². The number of rotatable bonds is 9. The van der Waals surface area contributed by atoms with Crippen LogP contribution in [0.15, 0.2) is 82.2 Å². The highest BCUT2D eigenvalue weighted by molar-refractivity contribution is 7.98. The highest BCUT2D eigenvalue weighted by atomic mass is 32.2. The van der Waals surface area contributed by atoms with Gasteiger partial charge in [0.05, 0.1) is 26.3 Å². The summed E-state index contributed by atoms with van der Waals surface area (Å²) in [5, 5.41) is 6.88. The minimum atomic E-state index is -0.197. The molecule has 4 aromatic rings. The van der Waals surface area contributed by atoms with E-state index in [0.29, 0.717) is 28.8 Å². The summed E-state index contributed by atoms with van der Waals surface area (Å²) in [4.78, 5) is 18.1. The van der Waals surface area contributed by atoms with E-state index in [-0.39, 0.29) is 12.5 Å². The maximum Gasteiger partial charge on any atom is 0.252 e. The van der Waals surface area contributed by atoms with Crippen molar-refractivity contribution in [3.05, 3.63) is 89.8 Å². The highest BCUT2D eigenvalue weighted by Crippen LogP contribution is 2.31. The quantitative estimate of drug-likeness (QED) is 0.352. The predicted molar refractivity (Wildman–Crippen MR) is 126 cm³/mol. The van der Waals surface area contributed by atoms with Crippen molar-refractivity contribution in [2.75, 3.05) is 14.2 Å². The smallest absolute Gasteiger partial charge is 0.252 e. The van der Waals surface area contributed by atoms with E-state index in [1.165, 1.54) is 5.56 Å². The Labute approximate surface area is 196 Å². The number of aromatic nitrogens is 2. The number of nitrogens with one attached hydrogen (secondary N) is 1. The third-order valence-electron chi connectivity index (χ3n) is 4.88. The minimum Gasteiger partial charge on any atom is -0.493 e. The van der Waals surface area contributed by atoms with Crippen LogP contribution in [0, 0.1) is 0 Å². The van der Waals surface area contributed by atoms with Crippen molar-refractivity contribution in [3.63, 3.8) is 0 Å². The Balaban J connectivity index is 1.40. The monoisotopic (exact) mass is 461 g/mol. The van der Waals surface area contributed by atoms with Gasteiger partial charge in [-0.1, -0.05) is 47.6 Å². The lowest BCUT2D eigenvalue weighted by Gasteiger charge is -2.09. The number of methoxy groups -OCH3 is 2. The molecule has 0 saturated heterocycles. The van der Waals surface area contributed by atoms with Crippen LogP contribution in [0.5, 0.6) is 11.5 Å². The molecule has 7 nitrogen and oxygen atoms in total. The molecular formula is C25H23N3O4S. The van der Waals surface area contributed by atoms with Crippen molar-refractivity contribution in [2.24, 2.45) is 0 Å². The van der Waals surface area contributed by atoms with Crippen molar-refractivity contribution in [1.29, 1.82) is 0 Å². The summed E-state index contributed by atoms with van der Waals surface area (Å²) >= 11 is 1.62. The summed E-state index contributed by atoms with van der Waals surface area (Å²) < 4.78 is 15.9. The second kappa shape index (κ2) is 10.7. The number of amides is 1. The number of carbonyl (C=O) groups excluding carboxylic acids is 1. The molecule has 0 aliphatic carbocycles. The first kappa shape index (κ1) is 22.4. The zero-order valence-electron chi connectivity index (χ0n) is 18.3. The Morgan fingerprint density at radius 1 is 0.970 bits per heavy atom. The molecule has 3 aromatic carbocycles. The number of thioether (sulfide) groups is 1. The van der Waals surface area contributed by atoms with Gasteiger partial charge >= 0.3 is 0 Å². The molecule has 0 aliphatic rings. The summed E-state index contributed by atoms with van der Waals surface area (Å²) in [6.45, 7) is 0.122. The van der Waals surface area contributed by atoms with Gasteiger partial charge in [0.1, 0.15) is 0 Å². The van der Waals surface area contributed by atoms with Gasteiger partial charge in [-0.25, -0.2) is 0 Å². The van der Waals surface area contributed by atoms with Crippen LogP contribution < -0.4 is 14.8 Å². The zero-order valence-corrected chi connectivity index (χ0v) is 19.1. The zero-order chi connectivity index (χ0) is 23.0. The second-order valence-corrected chi connectivity index (χ2v) is 8.05. The molecule has 0 radical (unpaired) electrons. The van der Waals surface area contributed by atoms with Crippen molar-refractivity contribution >= 4 is 17.7 Å². The standard InChI is InChI=1S/C25H23N3O4S/c1-30-20-13-12-18(14-21(20)31-2)24-27-23(32-28-24)15-26-25(29)19-10-6-7-11-22(19)33-16-17-8-4-3-5-9-17/h3-14H,15-16H2,1-2H3,(H,26,29). The Morgan fingerprint density at radius 3 is 2.52 bits per heavy atom. The van der Waals surface area contributed by atoms with Crippen molar-refractivity contribution in [1.82, 2.24) is 15.5 Å². The molecule has 0 spiro atoms. The third-order valence-corrected chi connectivity index (χ3v) is 6.02. The van der Waals surface area contributed by atoms with Crippen LogP contribution >= 0.6 is 11.8 Å². The summed E-state index contributed by atoms with van der Waals surface area (Å²) in [5.74, 6) is 2.47. The Hall–Kier alpha value is -3.78. The van der Waals surface area contributed by atoms with Crippen molar-refractivity contribution < 1.29 is 18.8 Å². The van der Waals surface area contributed by atoms with E-state index < -0.39 is 0 Å². The molecule has 0 bridgehead atoms. The fourth-order valence-corrected chi connectivity index (χ4v) is 4.19. The molecule has 4 rings (SSSR count). The van der Waals surface area contributed by atoms with Crippen LogP contribution in [0.2, 0.25) is 0 Å². The van der Waals surface area contributed by atoms with Gasteiger partial charge in [0.15, 0.2) is 11.5 Å². The molecule has 1 N–H and O–H groups in total. The average molecular weight is 462 g/mol. The minimum absolute atomic E-state index is 0.122. The fraction of sp³-hybridized carbons (Fsp3) is 0.160. The molecular weight excluding hydrogens is 438 g/mol. The summed E-state index contributed by atoms with van der Waals surface area (Å²) in [6.07, 6.45) is 0. The van der Waals surface area contributed by atoms with Gasteiger partial charge < -0.3 is 19.3 Å². The van der Waals surface area contributed by atoms with E-state index in [1.807, 2.05) is 48.5 Å². The highest BCUT2D eigenvalue weighted by Gasteiger charge is 2.15. The molecule has 33 heavy (non-hydrogen) atoms. The Morgan fingerprint density at radius 2 is 1.73 bits per heavy atom. The summed E-state index contributed by atoms with van der Waals surface area (Å²) in [7, 11) is 3.14. The van der Waals surface area contributed by atoms with Crippen LogP contribution in [-0.4, -0.2) is 30.3 Å². The number of hydrogen-bond acceptors (Lipinski definition) is 7. The molecule has 0 aliphatic heterocycles. The normalized spacial score (nSPS) is 10.6. The molecule has 8 heteroatoms. The van der Waals surface area contributed by atoms with Gasteiger partial charge in [-0.3, -0.25) is 4.79 Å². The summed E-state index contributed by atoms with van der Waals surface area (Å²) in [6, 6.07) is 23.0. The molecule has 0 fully saturated rings. The largest absolute Gasteiger partial charge is 0.493 e. The van der Waals surface area contributed by atoms with E-state index in [9.17, 15) is 4.79 Å². The van der Waals surface area contributed by atoms with E-state index in [4.69, 9.17) is 14.0 Å². The van der Waals surface area contributed by atoms with Crippen molar-refractivity contribution in [3.8, 4) is 22.9 Å². The van der Waals surface area contributed by atoms with Crippen LogP contribution in [0.4, 0.5) is 0 Å². The first-order chi connectivity index (χ1) is 16.2. The van der Waals surface area contributed by atoms with Crippen LogP contribution in [0.1, 0.15) is 21.8 Å². The number of carbonyl (C=O) groups is 1. The molecule has 0 atom stereocenters. The number of ether oxygens (including phenoxy) is 2. The van der Waals surface area contributed by atoms with Gasteiger partial charge in [0.25, 0.3) is 5.91 Å². The molecule has 1 amide bonds. The topological polar surface area (TPSA) is 86.5 Å². The molecule has 0 saturated carbocycles. The van der Waals surface area contributed by atoms with E-state index in [2.05, 4.69) is 27.6 Å². The van der Waals surface area contributed by atoms with E-state index in [0.717, 1.165) is 16.2 Å². The van der Waals surface area contributed by atoms with Gasteiger partial charge in [-0.15, -0.1) is 11.8 Å². The first-order valence-electron chi connectivity index (χ1n) is 10.3. The number of hydrogen-bond donors (Lipinski definition) is 1. The second-order valence-electron chi connectivity index (χ2n) is 7.03. The lowest BCUT2D eigenvalue weighted by Crippen LogP contribution is -2.23. The average Bonchev–Trinajstić information content (AvgIpc) is 3.35. The SMILES string of the molecule is COc1ccc(-c2noc(CNC(=O)c3ccccc3SCc3ccccc3)n2)cc1OC. The van der Waals surface area contributed by atoms with Gasteiger partial charge in [0.2, 0.25) is 11.7 Å². The maximum absolute atomic E-state index is 12.8. The first-order valence-corrected chi connectivity index (χ1v) is 11.3. The fourth-order valence-electron chi connectivity index (χ4n) is 3.19. The van der Waals surface area contributed by atoms with Crippen molar-refractivity contribution in [2.45, 2.75) is 17.2 Å². The molecule has 1 heterocycles. The van der Waals surface area contributed by atoms with E-state index >= 15 is 0 Å². The lowest BCUT2D eigenvalue weighted by atomic mass is 10.2. The number of nitrogens with zero attached hydrogens (tertiary/aromatic N) is 2. The van der Waals surface area contributed by atoms with Gasteiger partial charge in [-0.05, 0) is 35.9 Å². The Kier molecular flexibility index (Phi) is 7.26. The predicted octanol–water partition coefficient (Wildman–Crippen LogP) is 4.98. The van der Waals surface area contributed by atoms with Gasteiger partial charge in [0, 0.05) is 16.2 Å². The number of benzene rings is 3. The van der Waals surface area contributed by atoms with E-state index in [1.54, 1.807) is 38.1 Å². The van der Waals surface area contributed by atoms with Gasteiger partial charge in [-0.2, -0.15) is 4.98 Å². The Bertz CT molecular complexity index is 1230.